The zero-order valence-electron chi connectivity index (χ0n) is 18.6. The van der Waals surface area contributed by atoms with Crippen molar-refractivity contribution in [2.24, 2.45) is 11.8 Å². The van der Waals surface area contributed by atoms with Gasteiger partial charge in [0, 0.05) is 6.20 Å². The van der Waals surface area contributed by atoms with Crippen molar-refractivity contribution in [2.75, 3.05) is 12.2 Å². The minimum absolute atomic E-state index is 0.379. The summed E-state index contributed by atoms with van der Waals surface area (Å²) >= 11 is 0. The Balaban J connectivity index is 1.49. The van der Waals surface area contributed by atoms with Crippen molar-refractivity contribution in [3.05, 3.63) is 53.9 Å². The smallest absolute Gasteiger partial charge is 0.165 e. The Labute approximate surface area is 181 Å². The summed E-state index contributed by atoms with van der Waals surface area (Å²) in [5.41, 5.74) is 3.09. The molecule has 0 N–H and O–H groups in total. The van der Waals surface area contributed by atoms with Gasteiger partial charge in [0.1, 0.15) is 5.69 Å². The van der Waals surface area contributed by atoms with Gasteiger partial charge in [-0.1, -0.05) is 62.4 Å². The topological polar surface area (TPSA) is 34.6 Å². The van der Waals surface area contributed by atoms with Crippen LogP contribution in [0.4, 0.5) is 5.69 Å². The number of aryl methyl sites for hydroxylation is 1. The van der Waals surface area contributed by atoms with Crippen molar-refractivity contribution in [3.8, 4) is 5.75 Å². The molecular formula is C26H36N2O2. The van der Waals surface area contributed by atoms with Crippen molar-refractivity contribution in [1.82, 2.24) is 4.98 Å². The number of benzene rings is 1. The Morgan fingerprint density at radius 1 is 0.900 bits per heavy atom. The minimum atomic E-state index is 0.379. The van der Waals surface area contributed by atoms with Gasteiger partial charge < -0.3 is 4.74 Å². The predicted octanol–water partition coefficient (Wildman–Crippen LogP) is 6.48. The average Bonchev–Trinajstić information content (AvgIpc) is 2.81. The van der Waals surface area contributed by atoms with Crippen LogP contribution in [0.1, 0.15) is 69.0 Å². The molecule has 1 aromatic heterocycles. The number of hydrogen-bond acceptors (Lipinski definition) is 4. The molecule has 4 rings (SSSR count). The summed E-state index contributed by atoms with van der Waals surface area (Å²) in [6, 6.07) is 12.8. The quantitative estimate of drug-likeness (QED) is 0.491. The highest BCUT2D eigenvalue weighted by atomic mass is 16.7. The zero-order valence-corrected chi connectivity index (χ0v) is 18.6. The van der Waals surface area contributed by atoms with E-state index < -0.39 is 0 Å². The van der Waals surface area contributed by atoms with E-state index in [-0.39, 0.29) is 0 Å². The Morgan fingerprint density at radius 3 is 2.30 bits per heavy atom. The highest BCUT2D eigenvalue weighted by Gasteiger charge is 2.32. The average molecular weight is 409 g/mol. The number of hydrogen-bond donors (Lipinski definition) is 0. The molecule has 0 aliphatic heterocycles. The third-order valence-electron chi connectivity index (χ3n) is 7.11. The van der Waals surface area contributed by atoms with Crippen molar-refractivity contribution in [1.29, 1.82) is 0 Å². The Hall–Kier alpha value is -2.07. The maximum Gasteiger partial charge on any atom is 0.165 e. The first-order valence-corrected chi connectivity index (χ1v) is 11.7. The fourth-order valence-electron chi connectivity index (χ4n) is 5.47. The largest absolute Gasteiger partial charge is 0.493 e. The molecule has 2 saturated carbocycles. The zero-order chi connectivity index (χ0) is 20.8. The van der Waals surface area contributed by atoms with Crippen LogP contribution in [0.2, 0.25) is 0 Å². The van der Waals surface area contributed by atoms with Gasteiger partial charge in [-0.05, 0) is 56.1 Å². The lowest BCUT2D eigenvalue weighted by Crippen LogP contribution is -2.39. The fraction of sp³-hybridized carbons (Fsp3) is 0.577. The van der Waals surface area contributed by atoms with E-state index in [1.54, 1.807) is 7.11 Å². The van der Waals surface area contributed by atoms with Gasteiger partial charge in [-0.25, -0.2) is 5.06 Å². The van der Waals surface area contributed by atoms with Crippen molar-refractivity contribution in [2.45, 2.75) is 77.4 Å². The monoisotopic (exact) mass is 408 g/mol. The molecule has 0 radical (unpaired) electrons. The summed E-state index contributed by atoms with van der Waals surface area (Å²) in [7, 11) is 1.73. The molecule has 2 aliphatic carbocycles. The Bertz CT molecular complexity index is 781. The van der Waals surface area contributed by atoms with Crippen molar-refractivity contribution >= 4 is 5.69 Å². The van der Waals surface area contributed by atoms with Crippen LogP contribution in [0.3, 0.4) is 0 Å². The highest BCUT2D eigenvalue weighted by Crippen LogP contribution is 2.41. The normalized spacial score (nSPS) is 22.6. The number of anilines is 1. The van der Waals surface area contributed by atoms with Crippen LogP contribution in [0.5, 0.6) is 5.75 Å². The van der Waals surface area contributed by atoms with Crippen LogP contribution < -0.4 is 9.80 Å². The van der Waals surface area contributed by atoms with Crippen LogP contribution >= 0.6 is 0 Å². The van der Waals surface area contributed by atoms with Gasteiger partial charge in [-0.2, -0.15) is 0 Å². The van der Waals surface area contributed by atoms with Gasteiger partial charge in [-0.15, -0.1) is 0 Å². The van der Waals surface area contributed by atoms with E-state index in [0.29, 0.717) is 12.6 Å². The highest BCUT2D eigenvalue weighted by molar-refractivity contribution is 5.58. The van der Waals surface area contributed by atoms with E-state index in [1.807, 2.05) is 25.3 Å². The van der Waals surface area contributed by atoms with Crippen molar-refractivity contribution < 1.29 is 9.57 Å². The number of hydroxylamine groups is 1. The predicted molar refractivity (Wildman–Crippen MR) is 122 cm³/mol. The van der Waals surface area contributed by atoms with E-state index in [4.69, 9.17) is 9.57 Å². The summed E-state index contributed by atoms with van der Waals surface area (Å²) in [4.78, 5) is 10.9. The molecule has 2 fully saturated rings. The van der Waals surface area contributed by atoms with Gasteiger partial charge in [0.05, 0.1) is 25.5 Å². The van der Waals surface area contributed by atoms with Gasteiger partial charge in [0.15, 0.2) is 5.75 Å². The molecule has 2 aromatic rings. The molecule has 4 nitrogen and oxygen atoms in total. The van der Waals surface area contributed by atoms with Gasteiger partial charge >= 0.3 is 0 Å². The maximum atomic E-state index is 6.46. The van der Waals surface area contributed by atoms with E-state index in [0.717, 1.165) is 29.0 Å². The molecule has 1 aromatic carbocycles. The molecule has 162 valence electrons. The molecule has 0 bridgehead atoms. The molecule has 1 heterocycles. The molecule has 0 spiro atoms. The molecule has 0 atom stereocenters. The third-order valence-corrected chi connectivity index (χ3v) is 7.11. The fourth-order valence-corrected chi connectivity index (χ4v) is 5.47. The van der Waals surface area contributed by atoms with E-state index in [1.165, 1.54) is 63.4 Å². The molecule has 4 heteroatoms. The van der Waals surface area contributed by atoms with Crippen LogP contribution in [0, 0.1) is 18.8 Å². The Morgan fingerprint density at radius 2 is 1.60 bits per heavy atom. The summed E-state index contributed by atoms with van der Waals surface area (Å²) in [6.45, 7) is 2.56. The minimum Gasteiger partial charge on any atom is -0.493 e. The second-order valence-electron chi connectivity index (χ2n) is 9.00. The number of aromatic nitrogens is 1. The van der Waals surface area contributed by atoms with Crippen LogP contribution in [-0.2, 0) is 11.4 Å². The lowest BCUT2D eigenvalue weighted by atomic mass is 9.72. The van der Waals surface area contributed by atoms with E-state index in [2.05, 4.69) is 34.3 Å². The first-order valence-electron chi connectivity index (χ1n) is 11.7. The van der Waals surface area contributed by atoms with E-state index in [9.17, 15) is 0 Å². The van der Waals surface area contributed by atoms with Crippen molar-refractivity contribution in [3.63, 3.8) is 0 Å². The molecule has 0 unspecified atom stereocenters. The first kappa shape index (κ1) is 21.2. The lowest BCUT2D eigenvalue weighted by molar-refractivity contribution is 0.0525. The van der Waals surface area contributed by atoms with Crippen LogP contribution in [0.25, 0.3) is 0 Å². The van der Waals surface area contributed by atoms with Gasteiger partial charge in [0.25, 0.3) is 0 Å². The summed E-state index contributed by atoms with van der Waals surface area (Å²) in [5.74, 6) is 2.68. The van der Waals surface area contributed by atoms with Crippen LogP contribution in [0.15, 0.2) is 42.6 Å². The molecule has 0 amide bonds. The summed E-state index contributed by atoms with van der Waals surface area (Å²) in [5, 5.41) is 2.14. The first-order chi connectivity index (χ1) is 14.8. The number of ether oxygens (including phenoxy) is 1. The van der Waals surface area contributed by atoms with Gasteiger partial charge in [-0.3, -0.25) is 9.82 Å². The molecule has 30 heavy (non-hydrogen) atoms. The molecular weight excluding hydrogens is 372 g/mol. The summed E-state index contributed by atoms with van der Waals surface area (Å²) < 4.78 is 5.73. The van der Waals surface area contributed by atoms with Crippen LogP contribution in [-0.4, -0.2) is 18.1 Å². The number of rotatable bonds is 7. The SMILES string of the molecule is COc1c(N(OCc2ccccc2)[C@H]2CC[C@@H](C3CCCCC3)CC2)ccnc1C. The maximum absolute atomic E-state index is 6.46. The number of pyridine rings is 1. The lowest BCUT2D eigenvalue weighted by Gasteiger charge is -2.40. The second-order valence-corrected chi connectivity index (χ2v) is 9.00. The molecule has 2 aliphatic rings. The third kappa shape index (κ3) is 4.97. The standard InChI is InChI=1S/C26H36N2O2/c1-20-26(29-2)25(17-18-27-20)28(30-19-21-9-5-3-6-10-21)24-15-13-23(14-16-24)22-11-7-4-8-12-22/h3,5-6,9-10,17-18,22-24H,4,7-8,11-16,19H2,1-2H3/t23-,24+. The number of nitrogens with zero attached hydrogens (tertiary/aromatic N) is 2. The summed E-state index contributed by atoms with van der Waals surface area (Å²) in [6.07, 6.45) is 14.0. The number of methoxy groups -OCH3 is 1. The van der Waals surface area contributed by atoms with E-state index >= 15 is 0 Å². The second kappa shape index (κ2) is 10.3. The molecule has 0 saturated heterocycles. The van der Waals surface area contributed by atoms with Gasteiger partial charge in [0.2, 0.25) is 0 Å². The Kier molecular flexibility index (Phi) is 7.27.